The Labute approximate surface area is 214 Å². The van der Waals surface area contributed by atoms with E-state index in [4.69, 9.17) is 14.2 Å². The molecule has 1 atom stereocenters. The van der Waals surface area contributed by atoms with Gasteiger partial charge in [0, 0.05) is 0 Å². The second-order valence-corrected chi connectivity index (χ2v) is 9.00. The first-order valence-corrected chi connectivity index (χ1v) is 12.8. The quantitative estimate of drug-likeness (QED) is 0.193. The van der Waals surface area contributed by atoms with Crippen molar-refractivity contribution in [2.24, 2.45) is 5.92 Å². The lowest BCUT2D eigenvalue weighted by atomic mass is 9.97. The van der Waals surface area contributed by atoms with Gasteiger partial charge in [-0.1, -0.05) is 57.9 Å². The van der Waals surface area contributed by atoms with Gasteiger partial charge in [-0.2, -0.15) is 0 Å². The van der Waals surface area contributed by atoms with Crippen LogP contribution in [0, 0.1) is 5.92 Å². The molecule has 36 heavy (non-hydrogen) atoms. The number of benzene rings is 3. The molecule has 0 radical (unpaired) electrons. The van der Waals surface area contributed by atoms with Crippen molar-refractivity contribution in [1.82, 2.24) is 0 Å². The molecule has 0 heterocycles. The van der Waals surface area contributed by atoms with Crippen LogP contribution in [0.4, 0.5) is 0 Å². The maximum atomic E-state index is 12.5. The predicted octanol–water partition coefficient (Wildman–Crippen LogP) is 7.73. The van der Waals surface area contributed by atoms with E-state index in [1.165, 1.54) is 0 Å². The van der Waals surface area contributed by atoms with E-state index in [9.17, 15) is 9.59 Å². The molecule has 0 unspecified atom stereocenters. The molecule has 0 aromatic heterocycles. The third kappa shape index (κ3) is 7.70. The minimum Gasteiger partial charge on any atom is -0.494 e. The highest BCUT2D eigenvalue weighted by molar-refractivity contribution is 5.91. The van der Waals surface area contributed by atoms with Gasteiger partial charge in [-0.05, 0) is 85.3 Å². The average molecular weight is 489 g/mol. The molecule has 0 aliphatic heterocycles. The Bertz CT molecular complexity index is 1100. The number of hydrogen-bond donors (Lipinski definition) is 0. The summed E-state index contributed by atoms with van der Waals surface area (Å²) in [4.78, 5) is 25.0. The fourth-order valence-corrected chi connectivity index (χ4v) is 3.98. The van der Waals surface area contributed by atoms with E-state index in [1.54, 1.807) is 48.5 Å². The highest BCUT2D eigenvalue weighted by Crippen LogP contribution is 2.24. The van der Waals surface area contributed by atoms with Crippen molar-refractivity contribution in [2.45, 2.75) is 59.5 Å². The Morgan fingerprint density at radius 2 is 1.19 bits per heavy atom. The van der Waals surface area contributed by atoms with E-state index < -0.39 is 5.97 Å². The minimum absolute atomic E-state index is 0.107. The maximum Gasteiger partial charge on any atom is 0.343 e. The van der Waals surface area contributed by atoms with Crippen molar-refractivity contribution in [3.05, 3.63) is 83.9 Å². The molecule has 0 fully saturated rings. The first-order chi connectivity index (χ1) is 17.4. The van der Waals surface area contributed by atoms with Crippen molar-refractivity contribution in [1.29, 1.82) is 0 Å². The summed E-state index contributed by atoms with van der Waals surface area (Å²) in [5, 5.41) is 0. The summed E-state index contributed by atoms with van der Waals surface area (Å²) in [6.45, 7) is 8.97. The Kier molecular flexibility index (Phi) is 10.1. The zero-order valence-electron chi connectivity index (χ0n) is 21.7. The number of carbonyl (C=O) groups excluding carboxylic acids is 2. The van der Waals surface area contributed by atoms with Gasteiger partial charge in [-0.3, -0.25) is 0 Å². The van der Waals surface area contributed by atoms with Crippen LogP contribution in [-0.4, -0.2) is 24.6 Å². The topological polar surface area (TPSA) is 61.8 Å². The summed E-state index contributed by atoms with van der Waals surface area (Å²) in [5.41, 5.74) is 2.90. The molecule has 5 heteroatoms. The van der Waals surface area contributed by atoms with Crippen LogP contribution in [0.3, 0.4) is 0 Å². The summed E-state index contributed by atoms with van der Waals surface area (Å²) in [5.74, 6) is 1.04. The van der Waals surface area contributed by atoms with E-state index in [0.717, 1.165) is 42.6 Å². The lowest BCUT2D eigenvalue weighted by Gasteiger charge is -2.18. The van der Waals surface area contributed by atoms with Gasteiger partial charge >= 0.3 is 11.9 Å². The van der Waals surface area contributed by atoms with Crippen LogP contribution in [0.1, 0.15) is 74.1 Å². The maximum absolute atomic E-state index is 12.5. The Hall–Kier alpha value is -3.60. The van der Waals surface area contributed by atoms with Crippen LogP contribution in [0.5, 0.6) is 11.5 Å². The van der Waals surface area contributed by atoms with Crippen molar-refractivity contribution < 1.29 is 23.8 Å². The van der Waals surface area contributed by atoms with Gasteiger partial charge < -0.3 is 14.2 Å². The molecule has 190 valence electrons. The molecule has 3 aromatic carbocycles. The molecule has 3 rings (SSSR count). The van der Waals surface area contributed by atoms with E-state index in [2.05, 4.69) is 13.8 Å². The Balaban J connectivity index is 1.56. The second kappa shape index (κ2) is 13.5. The molecule has 0 spiro atoms. The molecule has 3 aromatic rings. The van der Waals surface area contributed by atoms with Crippen molar-refractivity contribution in [2.75, 3.05) is 6.61 Å². The highest BCUT2D eigenvalue weighted by atomic mass is 16.5. The van der Waals surface area contributed by atoms with Crippen LogP contribution >= 0.6 is 0 Å². The lowest BCUT2D eigenvalue weighted by molar-refractivity contribution is 0.0285. The van der Waals surface area contributed by atoms with Crippen molar-refractivity contribution >= 4 is 11.9 Å². The molecule has 0 amide bonds. The van der Waals surface area contributed by atoms with Gasteiger partial charge in [0.25, 0.3) is 0 Å². The molecule has 0 N–H and O–H groups in total. The highest BCUT2D eigenvalue weighted by Gasteiger charge is 2.16. The molecule has 0 saturated heterocycles. The summed E-state index contributed by atoms with van der Waals surface area (Å²) < 4.78 is 16.7. The normalized spacial score (nSPS) is 11.7. The van der Waals surface area contributed by atoms with Gasteiger partial charge in [0.2, 0.25) is 0 Å². The van der Waals surface area contributed by atoms with Gasteiger partial charge in [-0.25, -0.2) is 9.59 Å². The predicted molar refractivity (Wildman–Crippen MR) is 143 cm³/mol. The fourth-order valence-electron chi connectivity index (χ4n) is 3.98. The third-order valence-electron chi connectivity index (χ3n) is 6.21. The van der Waals surface area contributed by atoms with Crippen molar-refractivity contribution in [3.8, 4) is 22.6 Å². The first kappa shape index (κ1) is 27.0. The van der Waals surface area contributed by atoms with Gasteiger partial charge in [0.15, 0.2) is 0 Å². The summed E-state index contributed by atoms with van der Waals surface area (Å²) in [7, 11) is 0. The van der Waals surface area contributed by atoms with Gasteiger partial charge in [0.05, 0.1) is 23.8 Å². The second-order valence-electron chi connectivity index (χ2n) is 9.00. The first-order valence-electron chi connectivity index (χ1n) is 12.8. The fraction of sp³-hybridized carbons (Fsp3) is 0.355. The minimum atomic E-state index is -0.425. The Morgan fingerprint density at radius 1 is 0.694 bits per heavy atom. The molecule has 0 aliphatic carbocycles. The van der Waals surface area contributed by atoms with Gasteiger partial charge in [-0.15, -0.1) is 0 Å². The van der Waals surface area contributed by atoms with Crippen LogP contribution < -0.4 is 9.47 Å². The molecular weight excluding hydrogens is 452 g/mol. The largest absolute Gasteiger partial charge is 0.494 e. The zero-order chi connectivity index (χ0) is 25.9. The van der Waals surface area contributed by atoms with Crippen LogP contribution in [-0.2, 0) is 4.74 Å². The standard InChI is InChI=1S/C31H36O5/c1-5-20-34-28-16-14-27(15-17-28)31(33)36-29-18-12-25(13-19-29)24-8-10-26(11-9-24)30(32)35-22(4)21-23(6-2)7-3/h8-19,22-23H,5-7,20-21H2,1-4H3/t22-/m1/s1. The third-order valence-corrected chi connectivity index (χ3v) is 6.21. The van der Waals surface area contributed by atoms with E-state index >= 15 is 0 Å². The van der Waals surface area contributed by atoms with Crippen LogP contribution in [0.25, 0.3) is 11.1 Å². The van der Waals surface area contributed by atoms with Crippen molar-refractivity contribution in [3.63, 3.8) is 0 Å². The SMILES string of the molecule is CCCOc1ccc(C(=O)Oc2ccc(-c3ccc(C(=O)O[C@H](C)CC(CC)CC)cc3)cc2)cc1. The van der Waals surface area contributed by atoms with E-state index in [1.807, 2.05) is 38.1 Å². The Morgan fingerprint density at radius 3 is 1.75 bits per heavy atom. The summed E-state index contributed by atoms with van der Waals surface area (Å²) in [6.07, 6.45) is 3.88. The molecule has 5 nitrogen and oxygen atoms in total. The molecule has 0 saturated carbocycles. The number of rotatable bonds is 12. The van der Waals surface area contributed by atoms with Crippen LogP contribution in [0.2, 0.25) is 0 Å². The smallest absolute Gasteiger partial charge is 0.343 e. The molecule has 0 aliphatic rings. The summed E-state index contributed by atoms with van der Waals surface area (Å²) in [6, 6.07) is 21.6. The average Bonchev–Trinajstić information content (AvgIpc) is 2.91. The number of hydrogen-bond acceptors (Lipinski definition) is 5. The lowest BCUT2D eigenvalue weighted by Crippen LogP contribution is -2.18. The van der Waals surface area contributed by atoms with E-state index in [-0.39, 0.29) is 12.1 Å². The number of carbonyl (C=O) groups is 2. The number of ether oxygens (including phenoxy) is 3. The molecule has 0 bridgehead atoms. The van der Waals surface area contributed by atoms with Gasteiger partial charge in [0.1, 0.15) is 11.5 Å². The molecular formula is C31H36O5. The van der Waals surface area contributed by atoms with Crippen LogP contribution in [0.15, 0.2) is 72.8 Å². The summed E-state index contributed by atoms with van der Waals surface area (Å²) >= 11 is 0. The zero-order valence-corrected chi connectivity index (χ0v) is 21.7. The van der Waals surface area contributed by atoms with E-state index in [0.29, 0.717) is 29.4 Å². The number of esters is 2. The monoisotopic (exact) mass is 488 g/mol.